The third-order valence-electron chi connectivity index (χ3n) is 6.91. The summed E-state index contributed by atoms with van der Waals surface area (Å²) in [7, 11) is 1.58. The van der Waals surface area contributed by atoms with Crippen molar-refractivity contribution in [3.05, 3.63) is 29.3 Å². The maximum Gasteiger partial charge on any atom is 0.248 e. The van der Waals surface area contributed by atoms with Gasteiger partial charge < -0.3 is 20.6 Å². The van der Waals surface area contributed by atoms with E-state index in [2.05, 4.69) is 26.6 Å². The summed E-state index contributed by atoms with van der Waals surface area (Å²) in [4.78, 5) is 41.7. The van der Waals surface area contributed by atoms with Crippen LogP contribution in [0.3, 0.4) is 0 Å². The zero-order chi connectivity index (χ0) is 22.7. The van der Waals surface area contributed by atoms with Crippen molar-refractivity contribution < 1.29 is 19.5 Å². The van der Waals surface area contributed by atoms with Gasteiger partial charge in [0.05, 0.1) is 29.2 Å². The van der Waals surface area contributed by atoms with Crippen molar-refractivity contribution in [3.8, 4) is 0 Å². The number of aryl methyl sites for hydroxylation is 2. The first-order chi connectivity index (χ1) is 14.7. The summed E-state index contributed by atoms with van der Waals surface area (Å²) < 4.78 is -0.710. The molecule has 3 N–H and O–H groups in total. The second kappa shape index (κ2) is 8.08. The molecule has 3 aliphatic rings. The Labute approximate surface area is 194 Å². The zero-order valence-corrected chi connectivity index (χ0v) is 20.4. The maximum atomic E-state index is 13.7. The van der Waals surface area contributed by atoms with Gasteiger partial charge in [0.25, 0.3) is 0 Å². The van der Waals surface area contributed by atoms with E-state index in [1.165, 1.54) is 4.90 Å². The molecule has 3 saturated heterocycles. The quantitative estimate of drug-likeness (QED) is 0.526. The van der Waals surface area contributed by atoms with Crippen LogP contribution >= 0.6 is 27.7 Å². The van der Waals surface area contributed by atoms with Gasteiger partial charge in [0, 0.05) is 22.8 Å². The molecule has 3 amide bonds. The lowest BCUT2D eigenvalue weighted by Gasteiger charge is -2.36. The topological polar surface area (TPSA) is 98.7 Å². The molecule has 1 spiro atoms. The number of halogens is 1. The number of carbonyl (C=O) groups excluding carboxylic acids is 3. The Morgan fingerprint density at radius 3 is 2.71 bits per heavy atom. The molecule has 3 aliphatic heterocycles. The summed E-state index contributed by atoms with van der Waals surface area (Å²) in [6, 6.07) is 4.55. The first-order valence-electron chi connectivity index (χ1n) is 10.5. The average molecular weight is 510 g/mol. The summed E-state index contributed by atoms with van der Waals surface area (Å²) in [5.41, 5.74) is 2.67. The van der Waals surface area contributed by atoms with Gasteiger partial charge in [0.2, 0.25) is 17.7 Å². The van der Waals surface area contributed by atoms with Gasteiger partial charge >= 0.3 is 0 Å². The predicted molar refractivity (Wildman–Crippen MR) is 124 cm³/mol. The van der Waals surface area contributed by atoms with Crippen molar-refractivity contribution >= 4 is 51.1 Å². The van der Waals surface area contributed by atoms with Crippen LogP contribution in [0.1, 0.15) is 24.5 Å². The van der Waals surface area contributed by atoms with E-state index >= 15 is 0 Å². The molecule has 168 valence electrons. The number of hydrogen-bond acceptors (Lipinski definition) is 5. The van der Waals surface area contributed by atoms with Crippen molar-refractivity contribution in [1.29, 1.82) is 0 Å². The molecule has 7 atom stereocenters. The Morgan fingerprint density at radius 1 is 1.35 bits per heavy atom. The highest BCUT2D eigenvalue weighted by molar-refractivity contribution is 9.09. The molecule has 7 nitrogen and oxygen atoms in total. The van der Waals surface area contributed by atoms with E-state index in [1.807, 2.05) is 32.0 Å². The fraction of sp³-hybridized carbons (Fsp3) is 0.591. The van der Waals surface area contributed by atoms with Gasteiger partial charge in [-0.05, 0) is 44.4 Å². The molecule has 1 aromatic rings. The van der Waals surface area contributed by atoms with Crippen LogP contribution in [0.15, 0.2) is 18.2 Å². The smallest absolute Gasteiger partial charge is 0.248 e. The number of likely N-dealkylation sites (tertiary alicyclic amines) is 1. The number of aliphatic hydroxyl groups excluding tert-OH is 1. The molecular formula is C22H28BrN3O4S. The van der Waals surface area contributed by atoms with Crippen LogP contribution in [0, 0.1) is 25.7 Å². The third-order valence-corrected chi connectivity index (χ3v) is 10.1. The number of benzene rings is 1. The van der Waals surface area contributed by atoms with Crippen molar-refractivity contribution in [1.82, 2.24) is 10.2 Å². The maximum absolute atomic E-state index is 13.7. The average Bonchev–Trinajstić information content (AvgIpc) is 3.33. The number of nitrogens with one attached hydrogen (secondary N) is 2. The minimum absolute atomic E-state index is 0.0317. The van der Waals surface area contributed by atoms with Crippen LogP contribution < -0.4 is 10.6 Å². The molecule has 2 bridgehead atoms. The van der Waals surface area contributed by atoms with E-state index < -0.39 is 28.7 Å². The fourth-order valence-electron chi connectivity index (χ4n) is 5.47. The van der Waals surface area contributed by atoms with E-state index in [9.17, 15) is 19.5 Å². The van der Waals surface area contributed by atoms with E-state index in [-0.39, 0.29) is 34.4 Å². The summed E-state index contributed by atoms with van der Waals surface area (Å²) in [6.45, 7) is 5.38. The normalized spacial score (nSPS) is 34.6. The monoisotopic (exact) mass is 509 g/mol. The van der Waals surface area contributed by atoms with E-state index in [4.69, 9.17) is 0 Å². The highest BCUT2D eigenvalue weighted by Gasteiger charge is 2.75. The van der Waals surface area contributed by atoms with Gasteiger partial charge in [-0.3, -0.25) is 14.4 Å². The second-order valence-corrected chi connectivity index (χ2v) is 11.6. The molecule has 0 saturated carbocycles. The minimum atomic E-state index is -0.767. The number of hydrogen-bond donors (Lipinski definition) is 3. The Kier molecular flexibility index (Phi) is 5.89. The van der Waals surface area contributed by atoms with E-state index in [1.54, 1.807) is 25.7 Å². The summed E-state index contributed by atoms with van der Waals surface area (Å²) in [5.74, 6) is -1.75. The fourth-order valence-corrected chi connectivity index (χ4v) is 9.07. The first kappa shape index (κ1) is 22.6. The molecule has 3 fully saturated rings. The number of aliphatic hydroxyl groups is 1. The van der Waals surface area contributed by atoms with Crippen LogP contribution in [-0.2, 0) is 14.4 Å². The van der Waals surface area contributed by atoms with Crippen molar-refractivity contribution in [3.63, 3.8) is 0 Å². The number of amides is 3. The standard InChI is InChI=1S/C22H28BrN3O4S/c1-10-5-6-11(2)14(7-10)25-20(29)18-22-8-13(23)17(31-22)15(19(28)24-4)16(22)21(30)26(18)12(3)9-27/h5-7,12-13,15-18,27H,8-9H2,1-4H3,(H,24,28)(H,25,29)/t12-,13?,15-,16+,17-,18?,22?/m1/s1. The zero-order valence-electron chi connectivity index (χ0n) is 18.0. The molecule has 0 radical (unpaired) electrons. The molecule has 1 aromatic carbocycles. The minimum Gasteiger partial charge on any atom is -0.394 e. The van der Waals surface area contributed by atoms with Crippen molar-refractivity contribution in [2.75, 3.05) is 19.0 Å². The Hall–Kier alpha value is -1.58. The van der Waals surface area contributed by atoms with E-state index in [0.29, 0.717) is 12.1 Å². The highest BCUT2D eigenvalue weighted by atomic mass is 79.9. The van der Waals surface area contributed by atoms with E-state index in [0.717, 1.165) is 11.1 Å². The number of anilines is 1. The van der Waals surface area contributed by atoms with Gasteiger partial charge in [0.15, 0.2) is 0 Å². The SMILES string of the molecule is CNC(=O)[C@H]1[C@@H]2SC3(CC2Br)C(C(=O)Nc2cc(C)ccc2C)N([C@H](C)CO)C(=O)[C@H]13. The van der Waals surface area contributed by atoms with Crippen LogP contribution in [-0.4, -0.2) is 68.3 Å². The van der Waals surface area contributed by atoms with Crippen molar-refractivity contribution in [2.45, 2.75) is 54.1 Å². The van der Waals surface area contributed by atoms with Gasteiger partial charge in [-0.15, -0.1) is 11.8 Å². The van der Waals surface area contributed by atoms with Crippen LogP contribution in [0.2, 0.25) is 0 Å². The largest absolute Gasteiger partial charge is 0.394 e. The molecule has 3 heterocycles. The Bertz CT molecular complexity index is 943. The molecule has 3 unspecified atom stereocenters. The summed E-state index contributed by atoms with van der Waals surface area (Å²) >= 11 is 5.30. The van der Waals surface area contributed by atoms with Gasteiger partial charge in [-0.25, -0.2) is 0 Å². The van der Waals surface area contributed by atoms with Gasteiger partial charge in [0.1, 0.15) is 6.04 Å². The number of nitrogens with zero attached hydrogens (tertiary/aromatic N) is 1. The number of fused-ring (bicyclic) bond motifs is 1. The molecule has 9 heteroatoms. The molecule has 0 aliphatic carbocycles. The lowest BCUT2D eigenvalue weighted by molar-refractivity contribution is -0.141. The Morgan fingerprint density at radius 2 is 2.06 bits per heavy atom. The molecule has 0 aromatic heterocycles. The van der Waals surface area contributed by atoms with Crippen LogP contribution in [0.4, 0.5) is 5.69 Å². The predicted octanol–water partition coefficient (Wildman–Crippen LogP) is 1.83. The number of rotatable bonds is 5. The van der Waals surface area contributed by atoms with Gasteiger partial charge in [-0.1, -0.05) is 28.1 Å². The molecule has 4 rings (SSSR count). The lowest BCUT2D eigenvalue weighted by atomic mass is 9.70. The second-order valence-electron chi connectivity index (χ2n) is 8.86. The third kappa shape index (κ3) is 3.31. The number of carbonyl (C=O) groups is 3. The summed E-state index contributed by atoms with van der Waals surface area (Å²) in [5, 5.41) is 15.5. The number of alkyl halides is 1. The first-order valence-corrected chi connectivity index (χ1v) is 12.3. The lowest BCUT2D eigenvalue weighted by Crippen LogP contribution is -2.54. The molecular weight excluding hydrogens is 482 g/mol. The van der Waals surface area contributed by atoms with Gasteiger partial charge in [-0.2, -0.15) is 0 Å². The van der Waals surface area contributed by atoms with Crippen molar-refractivity contribution in [2.24, 2.45) is 11.8 Å². The Balaban J connectivity index is 1.77. The highest BCUT2D eigenvalue weighted by Crippen LogP contribution is 2.67. The van der Waals surface area contributed by atoms with Crippen LogP contribution in [0.25, 0.3) is 0 Å². The summed E-state index contributed by atoms with van der Waals surface area (Å²) in [6.07, 6.45) is 0.617. The molecule has 31 heavy (non-hydrogen) atoms. The van der Waals surface area contributed by atoms with Crippen LogP contribution in [0.5, 0.6) is 0 Å². The number of thioether (sulfide) groups is 1.